The second-order valence-corrected chi connectivity index (χ2v) is 9.51. The van der Waals surface area contributed by atoms with Crippen LogP contribution in [0.2, 0.25) is 5.02 Å². The lowest BCUT2D eigenvalue weighted by Gasteiger charge is -2.31. The summed E-state index contributed by atoms with van der Waals surface area (Å²) in [6, 6.07) is 13.4. The lowest BCUT2D eigenvalue weighted by Crippen LogP contribution is -2.52. The van der Waals surface area contributed by atoms with E-state index in [9.17, 15) is 14.0 Å². The molecule has 2 aromatic rings. The van der Waals surface area contributed by atoms with Gasteiger partial charge < -0.3 is 10.2 Å². The van der Waals surface area contributed by atoms with E-state index in [0.717, 1.165) is 5.56 Å². The highest BCUT2D eigenvalue weighted by molar-refractivity contribution is 7.99. The average Bonchev–Trinajstić information content (AvgIpc) is 2.67. The summed E-state index contributed by atoms with van der Waals surface area (Å²) in [5.74, 6) is -0.396. The second-order valence-electron chi connectivity index (χ2n) is 8.12. The number of benzene rings is 2. The number of hydrogen-bond acceptors (Lipinski definition) is 3. The predicted molar refractivity (Wildman–Crippen MR) is 122 cm³/mol. The quantitative estimate of drug-likeness (QED) is 0.612. The molecule has 1 N–H and O–H groups in total. The normalized spacial score (nSPS) is 12.3. The zero-order chi connectivity index (χ0) is 22.3. The van der Waals surface area contributed by atoms with E-state index in [-0.39, 0.29) is 29.1 Å². The first-order chi connectivity index (χ1) is 14.1. The third kappa shape index (κ3) is 7.33. The van der Waals surface area contributed by atoms with Gasteiger partial charge in [0.05, 0.1) is 5.75 Å². The van der Waals surface area contributed by atoms with Crippen molar-refractivity contribution in [2.75, 3.05) is 5.75 Å². The topological polar surface area (TPSA) is 49.4 Å². The minimum atomic E-state index is -0.644. The lowest BCUT2D eigenvalue weighted by molar-refractivity contribution is -0.139. The molecule has 30 heavy (non-hydrogen) atoms. The summed E-state index contributed by atoms with van der Waals surface area (Å²) in [6.07, 6.45) is 0. The van der Waals surface area contributed by atoms with Crippen LogP contribution in [0.4, 0.5) is 4.39 Å². The summed E-state index contributed by atoms with van der Waals surface area (Å²) in [5, 5.41) is 3.27. The Bertz CT molecular complexity index is 851. The number of thioether (sulfide) groups is 1. The van der Waals surface area contributed by atoms with Crippen LogP contribution < -0.4 is 5.32 Å². The molecular formula is C23H28ClFN2O2S. The van der Waals surface area contributed by atoms with Crippen LogP contribution in [-0.4, -0.2) is 34.0 Å². The fourth-order valence-corrected chi connectivity index (χ4v) is 4.08. The molecule has 0 heterocycles. The molecule has 2 aromatic carbocycles. The van der Waals surface area contributed by atoms with Gasteiger partial charge in [0, 0.05) is 28.4 Å². The molecule has 0 aliphatic heterocycles. The molecule has 0 aliphatic rings. The van der Waals surface area contributed by atoms with Crippen molar-refractivity contribution < 1.29 is 14.0 Å². The Morgan fingerprint density at radius 1 is 1.13 bits per heavy atom. The van der Waals surface area contributed by atoms with Crippen LogP contribution in [0, 0.1) is 5.82 Å². The molecule has 7 heteroatoms. The number of halogens is 2. The Hall–Kier alpha value is -2.05. The number of hydrogen-bond donors (Lipinski definition) is 1. The van der Waals surface area contributed by atoms with Gasteiger partial charge in [-0.3, -0.25) is 9.59 Å². The molecule has 0 saturated heterocycles. The lowest BCUT2D eigenvalue weighted by atomic mass is 10.1. The number of nitrogens with one attached hydrogen (secondary N) is 1. The van der Waals surface area contributed by atoms with Gasteiger partial charge in [-0.2, -0.15) is 0 Å². The van der Waals surface area contributed by atoms with E-state index in [1.54, 1.807) is 24.0 Å². The molecule has 4 nitrogen and oxygen atoms in total. The van der Waals surface area contributed by atoms with Crippen LogP contribution in [0.1, 0.15) is 38.8 Å². The van der Waals surface area contributed by atoms with Gasteiger partial charge in [-0.1, -0.05) is 48.0 Å². The van der Waals surface area contributed by atoms with E-state index in [1.807, 2.05) is 51.1 Å². The number of carbonyl (C=O) groups is 2. The van der Waals surface area contributed by atoms with Gasteiger partial charge in [-0.05, 0) is 45.4 Å². The molecule has 1 atom stereocenters. The fourth-order valence-electron chi connectivity index (χ4n) is 2.83. The van der Waals surface area contributed by atoms with Crippen LogP contribution in [-0.2, 0) is 21.9 Å². The first kappa shape index (κ1) is 24.2. The van der Waals surface area contributed by atoms with Crippen molar-refractivity contribution in [1.82, 2.24) is 10.2 Å². The summed E-state index contributed by atoms with van der Waals surface area (Å²) in [7, 11) is 0. The van der Waals surface area contributed by atoms with Crippen LogP contribution in [0.15, 0.2) is 48.5 Å². The van der Waals surface area contributed by atoms with Gasteiger partial charge in [0.2, 0.25) is 11.8 Å². The Kier molecular flexibility index (Phi) is 8.74. The Morgan fingerprint density at radius 2 is 1.80 bits per heavy atom. The van der Waals surface area contributed by atoms with Crippen LogP contribution >= 0.6 is 23.4 Å². The van der Waals surface area contributed by atoms with Crippen LogP contribution in [0.25, 0.3) is 0 Å². The summed E-state index contributed by atoms with van der Waals surface area (Å²) in [4.78, 5) is 27.3. The maximum atomic E-state index is 14.0. The highest BCUT2D eigenvalue weighted by atomic mass is 35.5. The average molecular weight is 451 g/mol. The Morgan fingerprint density at radius 3 is 2.40 bits per heavy atom. The van der Waals surface area contributed by atoms with Gasteiger partial charge in [-0.15, -0.1) is 11.8 Å². The standard InChI is InChI=1S/C23H28ClFN2O2S/c1-16(22(29)26-23(2,3)4)27(13-17-9-6-5-7-10-17)21(28)15-30-14-18-19(24)11-8-12-20(18)25/h5-12,16H,13-15H2,1-4H3,(H,26,29). The van der Waals surface area contributed by atoms with Crippen molar-refractivity contribution in [3.63, 3.8) is 0 Å². The molecule has 0 aromatic heterocycles. The Balaban J connectivity index is 2.10. The fraction of sp³-hybridized carbons (Fsp3) is 0.391. The minimum absolute atomic E-state index is 0.116. The van der Waals surface area contributed by atoms with Gasteiger partial charge in [0.25, 0.3) is 0 Å². The molecule has 1 unspecified atom stereocenters. The molecule has 0 bridgehead atoms. The van der Waals surface area contributed by atoms with Gasteiger partial charge in [-0.25, -0.2) is 4.39 Å². The maximum absolute atomic E-state index is 14.0. The first-order valence-corrected chi connectivity index (χ1v) is 11.3. The van der Waals surface area contributed by atoms with Gasteiger partial charge in [0.15, 0.2) is 0 Å². The highest BCUT2D eigenvalue weighted by Crippen LogP contribution is 2.24. The second kappa shape index (κ2) is 10.8. The monoisotopic (exact) mass is 450 g/mol. The zero-order valence-corrected chi connectivity index (χ0v) is 19.3. The van der Waals surface area contributed by atoms with Crippen LogP contribution in [0.5, 0.6) is 0 Å². The van der Waals surface area contributed by atoms with Gasteiger partial charge >= 0.3 is 0 Å². The smallest absolute Gasteiger partial charge is 0.242 e. The molecule has 162 valence electrons. The van der Waals surface area contributed by atoms with Crippen molar-refractivity contribution >= 4 is 35.2 Å². The SMILES string of the molecule is CC(C(=O)NC(C)(C)C)N(Cc1ccccc1)C(=O)CSCc1c(F)cccc1Cl. The van der Waals surface area contributed by atoms with E-state index >= 15 is 0 Å². The van der Waals surface area contributed by atoms with Crippen molar-refractivity contribution in [1.29, 1.82) is 0 Å². The van der Waals surface area contributed by atoms with E-state index in [1.165, 1.54) is 17.8 Å². The van der Waals surface area contributed by atoms with E-state index in [4.69, 9.17) is 11.6 Å². The predicted octanol–water partition coefficient (Wildman–Crippen LogP) is 5.04. The van der Waals surface area contributed by atoms with E-state index in [0.29, 0.717) is 17.1 Å². The number of nitrogens with zero attached hydrogens (tertiary/aromatic N) is 1. The number of carbonyl (C=O) groups excluding carboxylic acids is 2. The van der Waals surface area contributed by atoms with Crippen molar-refractivity contribution in [3.8, 4) is 0 Å². The molecule has 0 saturated carbocycles. The van der Waals surface area contributed by atoms with Crippen LogP contribution in [0.3, 0.4) is 0 Å². The molecule has 0 aliphatic carbocycles. The summed E-state index contributed by atoms with van der Waals surface area (Å²) < 4.78 is 14.0. The highest BCUT2D eigenvalue weighted by Gasteiger charge is 2.28. The number of rotatable bonds is 8. The van der Waals surface area contributed by atoms with E-state index in [2.05, 4.69) is 5.32 Å². The summed E-state index contributed by atoms with van der Waals surface area (Å²) in [5.41, 5.74) is 0.914. The zero-order valence-electron chi connectivity index (χ0n) is 17.7. The summed E-state index contributed by atoms with van der Waals surface area (Å²) in [6.45, 7) is 7.73. The summed E-state index contributed by atoms with van der Waals surface area (Å²) >= 11 is 7.34. The third-order valence-corrected chi connectivity index (χ3v) is 5.69. The molecule has 2 rings (SSSR count). The third-order valence-electron chi connectivity index (χ3n) is 4.39. The van der Waals surface area contributed by atoms with Crippen molar-refractivity contribution in [2.45, 2.75) is 51.6 Å². The van der Waals surface area contributed by atoms with Gasteiger partial charge in [0.1, 0.15) is 11.9 Å². The molecule has 0 radical (unpaired) electrons. The largest absolute Gasteiger partial charge is 0.350 e. The van der Waals surface area contributed by atoms with Crippen molar-refractivity contribution in [3.05, 3.63) is 70.5 Å². The molecule has 0 fully saturated rings. The minimum Gasteiger partial charge on any atom is -0.350 e. The molecule has 0 spiro atoms. The molecule has 2 amide bonds. The maximum Gasteiger partial charge on any atom is 0.242 e. The Labute approximate surface area is 187 Å². The van der Waals surface area contributed by atoms with E-state index < -0.39 is 11.6 Å². The van der Waals surface area contributed by atoms with Crippen molar-refractivity contribution in [2.24, 2.45) is 0 Å². The first-order valence-electron chi connectivity index (χ1n) is 9.74. The number of amides is 2. The molecular weight excluding hydrogens is 423 g/mol.